The highest BCUT2D eigenvalue weighted by molar-refractivity contribution is 7.10. The van der Waals surface area contributed by atoms with Gasteiger partial charge in [-0.15, -0.1) is 11.3 Å². The molecule has 2 aromatic rings. The highest BCUT2D eigenvalue weighted by atomic mass is 32.1. The summed E-state index contributed by atoms with van der Waals surface area (Å²) in [5.74, 6) is 1.09. The molecule has 160 valence electrons. The summed E-state index contributed by atoms with van der Waals surface area (Å²) in [5, 5.41) is 5.79. The lowest BCUT2D eigenvalue weighted by Crippen LogP contribution is -2.56. The molecule has 3 aliphatic rings. The van der Waals surface area contributed by atoms with Crippen LogP contribution in [0.15, 0.2) is 35.7 Å². The van der Waals surface area contributed by atoms with Crippen molar-refractivity contribution in [2.24, 2.45) is 0 Å². The lowest BCUT2D eigenvalue weighted by molar-refractivity contribution is -0.144. The van der Waals surface area contributed by atoms with Crippen molar-refractivity contribution in [1.29, 1.82) is 0 Å². The number of fused-ring (bicyclic) bond motifs is 2. The minimum absolute atomic E-state index is 0.176. The molecule has 2 aliphatic heterocycles. The van der Waals surface area contributed by atoms with Gasteiger partial charge in [0.25, 0.3) is 0 Å². The topological polar surface area (TPSA) is 50.8 Å². The Morgan fingerprint density at radius 2 is 1.83 bits per heavy atom. The van der Waals surface area contributed by atoms with Gasteiger partial charge in [0, 0.05) is 23.7 Å². The van der Waals surface area contributed by atoms with Gasteiger partial charge in [0.1, 0.15) is 16.9 Å². The number of nitrogens with one attached hydrogen (secondary N) is 1. The first-order chi connectivity index (χ1) is 14.6. The number of carbonyl (C=O) groups is 1. The summed E-state index contributed by atoms with van der Waals surface area (Å²) in [5.41, 5.74) is 1.77. The van der Waals surface area contributed by atoms with Gasteiger partial charge in [-0.25, -0.2) is 0 Å². The van der Waals surface area contributed by atoms with E-state index in [-0.39, 0.29) is 11.5 Å². The zero-order valence-corrected chi connectivity index (χ0v) is 18.4. The largest absolute Gasteiger partial charge is 0.497 e. The normalized spacial score (nSPS) is 22.0. The van der Waals surface area contributed by atoms with Crippen LogP contribution in [0.5, 0.6) is 5.75 Å². The molecule has 1 saturated heterocycles. The van der Waals surface area contributed by atoms with E-state index in [0.717, 1.165) is 76.1 Å². The second-order valence-electron chi connectivity index (χ2n) is 8.80. The third-order valence-corrected chi connectivity index (χ3v) is 8.25. The minimum Gasteiger partial charge on any atom is -0.497 e. The monoisotopic (exact) mass is 426 g/mol. The van der Waals surface area contributed by atoms with Gasteiger partial charge in [-0.05, 0) is 73.4 Å². The summed E-state index contributed by atoms with van der Waals surface area (Å²) in [6.07, 6.45) is 6.77. The van der Waals surface area contributed by atoms with E-state index in [0.29, 0.717) is 0 Å². The van der Waals surface area contributed by atoms with Crippen LogP contribution in [0.3, 0.4) is 0 Å². The molecule has 1 aromatic heterocycles. The molecule has 1 aromatic carbocycles. The maximum Gasteiger partial charge on any atom is 0.248 e. The lowest BCUT2D eigenvalue weighted by atomic mass is 9.84. The average molecular weight is 427 g/mol. The van der Waals surface area contributed by atoms with Gasteiger partial charge in [0.15, 0.2) is 0 Å². The molecule has 0 bridgehead atoms. The number of carbonyl (C=O) groups excluding carboxylic acids is 1. The van der Waals surface area contributed by atoms with Gasteiger partial charge >= 0.3 is 0 Å². The second-order valence-corrected chi connectivity index (χ2v) is 9.72. The van der Waals surface area contributed by atoms with E-state index in [9.17, 15) is 4.79 Å². The number of hydrogen-bond acceptors (Lipinski definition) is 5. The number of amides is 1. The van der Waals surface area contributed by atoms with Crippen molar-refractivity contribution in [2.45, 2.75) is 56.1 Å². The zero-order valence-electron chi connectivity index (χ0n) is 17.6. The van der Waals surface area contributed by atoms with E-state index in [4.69, 9.17) is 9.47 Å². The first-order valence-corrected chi connectivity index (χ1v) is 11.9. The number of rotatable bonds is 4. The molecule has 1 N–H and O–H groups in total. The van der Waals surface area contributed by atoms with Gasteiger partial charge in [-0.1, -0.05) is 12.8 Å². The predicted molar refractivity (Wildman–Crippen MR) is 119 cm³/mol. The molecular weight excluding hydrogens is 396 g/mol. The fourth-order valence-corrected chi connectivity index (χ4v) is 6.59. The molecule has 0 atom stereocenters. The van der Waals surface area contributed by atoms with Crippen LogP contribution in [0.4, 0.5) is 5.69 Å². The molecule has 5 rings (SSSR count). The number of hydrogen-bond donors (Lipinski definition) is 1. The van der Waals surface area contributed by atoms with E-state index in [1.54, 1.807) is 7.11 Å². The average Bonchev–Trinajstić information content (AvgIpc) is 3.46. The molecule has 0 radical (unpaired) electrons. The van der Waals surface area contributed by atoms with Crippen molar-refractivity contribution in [3.8, 4) is 5.75 Å². The molecule has 6 heteroatoms. The minimum atomic E-state index is -0.486. The van der Waals surface area contributed by atoms with Crippen LogP contribution in [-0.4, -0.2) is 43.2 Å². The number of benzene rings is 1. The molecule has 1 amide bonds. The quantitative estimate of drug-likeness (QED) is 0.778. The Kier molecular flexibility index (Phi) is 5.23. The highest BCUT2D eigenvalue weighted by Crippen LogP contribution is 2.45. The number of anilines is 1. The van der Waals surface area contributed by atoms with Crippen molar-refractivity contribution in [3.05, 3.63) is 46.2 Å². The molecule has 30 heavy (non-hydrogen) atoms. The van der Waals surface area contributed by atoms with Gasteiger partial charge in [0.05, 0.1) is 13.7 Å². The molecular formula is C24H30N2O3S. The first kappa shape index (κ1) is 19.9. The van der Waals surface area contributed by atoms with Crippen LogP contribution in [0, 0.1) is 0 Å². The molecule has 1 aliphatic carbocycles. The van der Waals surface area contributed by atoms with Crippen LogP contribution in [-0.2, 0) is 21.6 Å². The fourth-order valence-electron chi connectivity index (χ4n) is 5.42. The summed E-state index contributed by atoms with van der Waals surface area (Å²) in [6, 6.07) is 10.1. The summed E-state index contributed by atoms with van der Waals surface area (Å²) in [4.78, 5) is 17.2. The Bertz CT molecular complexity index is 893. The van der Waals surface area contributed by atoms with E-state index in [1.165, 1.54) is 10.4 Å². The maximum atomic E-state index is 13.7. The number of likely N-dealkylation sites (tertiary alicyclic amines) is 1. The van der Waals surface area contributed by atoms with Crippen LogP contribution in [0.25, 0.3) is 0 Å². The zero-order chi connectivity index (χ0) is 20.6. The smallest absolute Gasteiger partial charge is 0.248 e. The molecule has 1 saturated carbocycles. The highest BCUT2D eigenvalue weighted by Gasteiger charge is 2.48. The Morgan fingerprint density at radius 3 is 2.53 bits per heavy atom. The Labute approximate surface area is 182 Å². The molecule has 1 spiro atoms. The summed E-state index contributed by atoms with van der Waals surface area (Å²) in [6.45, 7) is 2.32. The lowest BCUT2D eigenvalue weighted by Gasteiger charge is -2.45. The standard InChI is InChI=1S/C24H30N2O3S/c1-28-20-6-4-19(5-7-20)25-23(10-2-3-11-23)22(27)26-14-12-24(13-15-26)21-18(8-16-29-24)9-17-30-21/h4-7,9,17,25H,2-3,8,10-16H2,1H3. The van der Waals surface area contributed by atoms with Crippen LogP contribution >= 0.6 is 11.3 Å². The van der Waals surface area contributed by atoms with E-state index in [2.05, 4.69) is 21.7 Å². The molecule has 0 unspecified atom stereocenters. The van der Waals surface area contributed by atoms with Gasteiger partial charge in [-0.3, -0.25) is 4.79 Å². The molecule has 2 fully saturated rings. The van der Waals surface area contributed by atoms with E-state index in [1.807, 2.05) is 35.6 Å². The number of ether oxygens (including phenoxy) is 2. The maximum absolute atomic E-state index is 13.7. The van der Waals surface area contributed by atoms with Gasteiger partial charge in [0.2, 0.25) is 5.91 Å². The van der Waals surface area contributed by atoms with Crippen molar-refractivity contribution in [3.63, 3.8) is 0 Å². The van der Waals surface area contributed by atoms with Gasteiger partial charge in [-0.2, -0.15) is 0 Å². The molecule has 5 nitrogen and oxygen atoms in total. The van der Waals surface area contributed by atoms with Crippen LogP contribution in [0.1, 0.15) is 49.0 Å². The van der Waals surface area contributed by atoms with Crippen molar-refractivity contribution < 1.29 is 14.3 Å². The van der Waals surface area contributed by atoms with Crippen molar-refractivity contribution in [1.82, 2.24) is 4.90 Å². The number of thiophene rings is 1. The first-order valence-electron chi connectivity index (χ1n) is 11.1. The Morgan fingerprint density at radius 1 is 1.10 bits per heavy atom. The SMILES string of the molecule is COc1ccc(NC2(C(=O)N3CCC4(CC3)OCCc3ccsc34)CCCC2)cc1. The Hall–Kier alpha value is -2.05. The third kappa shape index (κ3) is 3.40. The summed E-state index contributed by atoms with van der Waals surface area (Å²) >= 11 is 1.82. The van der Waals surface area contributed by atoms with E-state index < -0.39 is 5.54 Å². The van der Waals surface area contributed by atoms with Crippen molar-refractivity contribution >= 4 is 22.9 Å². The fraction of sp³-hybridized carbons (Fsp3) is 0.542. The van der Waals surface area contributed by atoms with Crippen LogP contribution in [0.2, 0.25) is 0 Å². The van der Waals surface area contributed by atoms with Gasteiger partial charge < -0.3 is 19.7 Å². The van der Waals surface area contributed by atoms with Crippen LogP contribution < -0.4 is 10.1 Å². The predicted octanol–water partition coefficient (Wildman–Crippen LogP) is 4.57. The van der Waals surface area contributed by atoms with E-state index >= 15 is 0 Å². The summed E-state index contributed by atoms with van der Waals surface area (Å²) < 4.78 is 11.6. The summed E-state index contributed by atoms with van der Waals surface area (Å²) in [7, 11) is 1.67. The molecule has 3 heterocycles. The third-order valence-electron chi connectivity index (χ3n) is 7.11. The number of methoxy groups -OCH3 is 1. The Balaban J connectivity index is 1.31. The number of nitrogens with zero attached hydrogens (tertiary/aromatic N) is 1. The van der Waals surface area contributed by atoms with Crippen molar-refractivity contribution in [2.75, 3.05) is 32.1 Å². The second kappa shape index (κ2) is 7.89. The number of piperidine rings is 1.